The molecule has 3 rings (SSSR count). The summed E-state index contributed by atoms with van der Waals surface area (Å²) in [4.78, 5) is 32.8. The van der Waals surface area contributed by atoms with Gasteiger partial charge in [-0.2, -0.15) is 5.10 Å². The summed E-state index contributed by atoms with van der Waals surface area (Å²) in [7, 11) is 0. The average Bonchev–Trinajstić information content (AvgIpc) is 3.21. The number of nitrogens with one attached hydrogen (secondary N) is 1. The highest BCUT2D eigenvalue weighted by atomic mass is 16.6. The van der Waals surface area contributed by atoms with Crippen LogP contribution in [0.3, 0.4) is 0 Å². The van der Waals surface area contributed by atoms with Gasteiger partial charge < -0.3 is 9.15 Å². The SMILES string of the molecule is Cc1ccc(OCC(=O)N/N=C\c2ccc(-c3ccc([N+](=O)[O-])cc3C)o2)c([N+](=O)[O-])c1. The minimum Gasteiger partial charge on any atom is -0.477 e. The number of amides is 1. The first-order valence-electron chi connectivity index (χ1n) is 9.29. The maximum Gasteiger partial charge on any atom is 0.311 e. The molecule has 32 heavy (non-hydrogen) atoms. The van der Waals surface area contributed by atoms with E-state index in [0.717, 1.165) is 0 Å². The van der Waals surface area contributed by atoms with Crippen LogP contribution in [0, 0.1) is 34.1 Å². The van der Waals surface area contributed by atoms with Crippen molar-refractivity contribution >= 4 is 23.5 Å². The zero-order valence-corrected chi connectivity index (χ0v) is 17.1. The van der Waals surface area contributed by atoms with Gasteiger partial charge in [-0.05, 0) is 49.2 Å². The number of rotatable bonds is 8. The standard InChI is InChI=1S/C21H18N4O7/c1-13-3-7-20(18(9-13)25(29)30)31-12-21(26)23-22-11-16-5-8-19(32-16)17-6-4-15(24(27)28)10-14(17)2/h3-11H,12H2,1-2H3,(H,23,26)/b22-11-. The summed E-state index contributed by atoms with van der Waals surface area (Å²) >= 11 is 0. The zero-order chi connectivity index (χ0) is 23.3. The average molecular weight is 438 g/mol. The van der Waals surface area contributed by atoms with Gasteiger partial charge in [-0.25, -0.2) is 5.43 Å². The van der Waals surface area contributed by atoms with Gasteiger partial charge in [0, 0.05) is 23.8 Å². The molecule has 1 N–H and O–H groups in total. The van der Waals surface area contributed by atoms with Gasteiger partial charge in [-0.3, -0.25) is 25.0 Å². The molecular formula is C21H18N4O7. The molecule has 0 unspecified atom stereocenters. The molecule has 11 nitrogen and oxygen atoms in total. The van der Waals surface area contributed by atoms with Crippen LogP contribution in [0.4, 0.5) is 11.4 Å². The number of ether oxygens (including phenoxy) is 1. The summed E-state index contributed by atoms with van der Waals surface area (Å²) in [5.41, 5.74) is 4.05. The number of non-ortho nitro benzene ring substituents is 1. The third-order valence-electron chi connectivity index (χ3n) is 4.36. The Labute approximate surface area is 181 Å². The Morgan fingerprint density at radius 2 is 1.88 bits per heavy atom. The number of benzene rings is 2. The molecule has 0 radical (unpaired) electrons. The molecule has 0 atom stereocenters. The van der Waals surface area contributed by atoms with Crippen LogP contribution in [0.1, 0.15) is 16.9 Å². The van der Waals surface area contributed by atoms with Crippen molar-refractivity contribution in [3.05, 3.63) is 85.6 Å². The fourth-order valence-electron chi connectivity index (χ4n) is 2.84. The van der Waals surface area contributed by atoms with E-state index in [4.69, 9.17) is 9.15 Å². The molecule has 0 bridgehead atoms. The molecule has 0 fully saturated rings. The number of nitrogens with zero attached hydrogens (tertiary/aromatic N) is 3. The molecule has 1 heterocycles. The van der Waals surface area contributed by atoms with Crippen molar-refractivity contribution in [3.8, 4) is 17.1 Å². The molecule has 1 amide bonds. The second-order valence-electron chi connectivity index (χ2n) is 6.77. The summed E-state index contributed by atoms with van der Waals surface area (Å²) in [6.07, 6.45) is 1.27. The fraction of sp³-hybridized carbons (Fsp3) is 0.143. The number of furan rings is 1. The summed E-state index contributed by atoms with van der Waals surface area (Å²) in [5, 5.41) is 25.7. The van der Waals surface area contributed by atoms with Crippen LogP contribution < -0.4 is 10.2 Å². The summed E-state index contributed by atoms with van der Waals surface area (Å²) in [6.45, 7) is 2.98. The first-order chi connectivity index (χ1) is 15.2. The molecule has 0 aliphatic heterocycles. The molecule has 11 heteroatoms. The monoisotopic (exact) mass is 438 g/mol. The van der Waals surface area contributed by atoms with Crippen LogP contribution in [0.25, 0.3) is 11.3 Å². The second kappa shape index (κ2) is 9.51. The van der Waals surface area contributed by atoms with Gasteiger partial charge in [0.25, 0.3) is 11.6 Å². The predicted octanol–water partition coefficient (Wildman–Crippen LogP) is 3.91. The van der Waals surface area contributed by atoms with Crippen molar-refractivity contribution in [2.24, 2.45) is 5.10 Å². The minimum absolute atomic E-state index is 0.0134. The Hall–Kier alpha value is -4.54. The number of hydrazone groups is 1. The van der Waals surface area contributed by atoms with E-state index in [1.165, 1.54) is 30.5 Å². The lowest BCUT2D eigenvalue weighted by Gasteiger charge is -2.06. The van der Waals surface area contributed by atoms with E-state index >= 15 is 0 Å². The van der Waals surface area contributed by atoms with Crippen LogP contribution in [0.2, 0.25) is 0 Å². The Morgan fingerprint density at radius 3 is 2.56 bits per heavy atom. The highest BCUT2D eigenvalue weighted by molar-refractivity contribution is 5.82. The van der Waals surface area contributed by atoms with E-state index in [0.29, 0.717) is 28.2 Å². The van der Waals surface area contributed by atoms with E-state index < -0.39 is 22.4 Å². The molecule has 0 aliphatic rings. The summed E-state index contributed by atoms with van der Waals surface area (Å²) in [6, 6.07) is 12.1. The molecule has 0 saturated heterocycles. The first kappa shape index (κ1) is 22.2. The fourth-order valence-corrected chi connectivity index (χ4v) is 2.84. The molecule has 0 spiro atoms. The Balaban J connectivity index is 1.58. The topological polar surface area (TPSA) is 150 Å². The van der Waals surface area contributed by atoms with Gasteiger partial charge in [0.15, 0.2) is 12.4 Å². The number of nitro benzene ring substituents is 2. The molecular weight excluding hydrogens is 420 g/mol. The zero-order valence-electron chi connectivity index (χ0n) is 17.1. The van der Waals surface area contributed by atoms with E-state index in [1.54, 1.807) is 38.1 Å². The largest absolute Gasteiger partial charge is 0.477 e. The first-order valence-corrected chi connectivity index (χ1v) is 9.29. The molecule has 0 saturated carbocycles. The van der Waals surface area contributed by atoms with E-state index in [1.807, 2.05) is 0 Å². The number of hydrogen-bond acceptors (Lipinski definition) is 8. The normalized spacial score (nSPS) is 10.8. The summed E-state index contributed by atoms with van der Waals surface area (Å²) < 4.78 is 10.9. The van der Waals surface area contributed by atoms with Crippen LogP contribution in [-0.4, -0.2) is 28.6 Å². The number of carbonyl (C=O) groups is 1. The molecule has 0 aliphatic carbocycles. The van der Waals surface area contributed by atoms with Crippen molar-refractivity contribution in [1.82, 2.24) is 5.43 Å². The van der Waals surface area contributed by atoms with Crippen LogP contribution in [-0.2, 0) is 4.79 Å². The van der Waals surface area contributed by atoms with Crippen LogP contribution in [0.15, 0.2) is 58.0 Å². The number of nitro groups is 2. The Bertz CT molecular complexity index is 1220. The highest BCUT2D eigenvalue weighted by Crippen LogP contribution is 2.28. The quantitative estimate of drug-likeness (QED) is 0.318. The predicted molar refractivity (Wildman–Crippen MR) is 115 cm³/mol. The minimum atomic E-state index is -0.617. The van der Waals surface area contributed by atoms with Gasteiger partial charge in [0.05, 0.1) is 16.1 Å². The van der Waals surface area contributed by atoms with Gasteiger partial charge in [0.2, 0.25) is 0 Å². The lowest BCUT2D eigenvalue weighted by molar-refractivity contribution is -0.385. The van der Waals surface area contributed by atoms with E-state index in [-0.39, 0.29) is 17.1 Å². The van der Waals surface area contributed by atoms with Gasteiger partial charge in [0.1, 0.15) is 11.5 Å². The van der Waals surface area contributed by atoms with E-state index in [9.17, 15) is 25.0 Å². The smallest absolute Gasteiger partial charge is 0.311 e. The maximum absolute atomic E-state index is 11.9. The second-order valence-corrected chi connectivity index (χ2v) is 6.77. The van der Waals surface area contributed by atoms with Crippen LogP contribution >= 0.6 is 0 Å². The number of carbonyl (C=O) groups excluding carboxylic acids is 1. The van der Waals surface area contributed by atoms with E-state index in [2.05, 4.69) is 10.5 Å². The lowest BCUT2D eigenvalue weighted by Crippen LogP contribution is -2.24. The van der Waals surface area contributed by atoms with Gasteiger partial charge >= 0.3 is 5.69 Å². The number of aryl methyl sites for hydroxylation is 2. The van der Waals surface area contributed by atoms with Crippen molar-refractivity contribution in [2.45, 2.75) is 13.8 Å². The maximum atomic E-state index is 11.9. The van der Waals surface area contributed by atoms with Crippen LogP contribution in [0.5, 0.6) is 5.75 Å². The van der Waals surface area contributed by atoms with Gasteiger partial charge in [-0.1, -0.05) is 6.07 Å². The van der Waals surface area contributed by atoms with Crippen molar-refractivity contribution < 1.29 is 23.8 Å². The third-order valence-corrected chi connectivity index (χ3v) is 4.36. The third kappa shape index (κ3) is 5.33. The Kier molecular flexibility index (Phi) is 6.59. The van der Waals surface area contributed by atoms with Gasteiger partial charge in [-0.15, -0.1) is 0 Å². The molecule has 2 aromatic carbocycles. The van der Waals surface area contributed by atoms with Crippen molar-refractivity contribution in [3.63, 3.8) is 0 Å². The lowest BCUT2D eigenvalue weighted by atomic mass is 10.1. The van der Waals surface area contributed by atoms with Crippen molar-refractivity contribution in [2.75, 3.05) is 6.61 Å². The Morgan fingerprint density at radius 1 is 1.09 bits per heavy atom. The molecule has 3 aromatic rings. The summed E-state index contributed by atoms with van der Waals surface area (Å²) in [5.74, 6) is 0.191. The van der Waals surface area contributed by atoms with Crippen molar-refractivity contribution in [1.29, 1.82) is 0 Å². The molecule has 164 valence electrons. The highest BCUT2D eigenvalue weighted by Gasteiger charge is 2.16. The molecule has 1 aromatic heterocycles. The number of hydrogen-bond donors (Lipinski definition) is 1.